The predicted molar refractivity (Wildman–Crippen MR) is 75.2 cm³/mol. The Morgan fingerprint density at radius 1 is 1.21 bits per heavy atom. The van der Waals surface area contributed by atoms with Crippen molar-refractivity contribution < 1.29 is 4.42 Å². The first-order valence-corrected chi connectivity index (χ1v) is 6.34. The molecule has 0 aliphatic carbocycles. The van der Waals surface area contributed by atoms with E-state index in [9.17, 15) is 0 Å². The van der Waals surface area contributed by atoms with Gasteiger partial charge in [0.25, 0.3) is 0 Å². The number of halogens is 2. The van der Waals surface area contributed by atoms with Crippen LogP contribution in [0.2, 0.25) is 10.0 Å². The van der Waals surface area contributed by atoms with Crippen molar-refractivity contribution in [3.05, 3.63) is 46.2 Å². The highest BCUT2D eigenvalue weighted by atomic mass is 35.5. The maximum Gasteiger partial charge on any atom is 0.227 e. The SMILES string of the molecule is NCc1cc(-c2nc3cc(Cl)cc(Cl)c3o2)ccn1. The Morgan fingerprint density at radius 3 is 2.84 bits per heavy atom. The van der Waals surface area contributed by atoms with Crippen molar-refractivity contribution in [1.82, 2.24) is 9.97 Å². The Balaban J connectivity index is 2.17. The molecule has 0 atom stereocenters. The summed E-state index contributed by atoms with van der Waals surface area (Å²) in [4.78, 5) is 8.50. The molecule has 3 rings (SSSR count). The average molecular weight is 294 g/mol. The summed E-state index contributed by atoms with van der Waals surface area (Å²) in [5.74, 6) is 0.469. The zero-order valence-electron chi connectivity index (χ0n) is 9.73. The summed E-state index contributed by atoms with van der Waals surface area (Å²) in [5, 5.41) is 0.962. The molecule has 0 saturated heterocycles. The highest BCUT2D eigenvalue weighted by Crippen LogP contribution is 2.31. The molecule has 0 spiro atoms. The minimum atomic E-state index is 0.362. The third-order valence-electron chi connectivity index (χ3n) is 2.68. The van der Waals surface area contributed by atoms with E-state index < -0.39 is 0 Å². The number of hydrogen-bond donors (Lipinski definition) is 1. The van der Waals surface area contributed by atoms with Gasteiger partial charge in [-0.25, -0.2) is 4.98 Å². The van der Waals surface area contributed by atoms with E-state index in [1.165, 1.54) is 0 Å². The molecule has 2 N–H and O–H groups in total. The molecule has 0 fully saturated rings. The van der Waals surface area contributed by atoms with Crippen molar-refractivity contribution in [3.8, 4) is 11.5 Å². The topological polar surface area (TPSA) is 64.9 Å². The third-order valence-corrected chi connectivity index (χ3v) is 3.18. The van der Waals surface area contributed by atoms with E-state index in [-0.39, 0.29) is 0 Å². The number of benzene rings is 1. The number of fused-ring (bicyclic) bond motifs is 1. The summed E-state index contributed by atoms with van der Waals surface area (Å²) in [6.45, 7) is 0.362. The number of rotatable bonds is 2. The molecular formula is C13H9Cl2N3O. The lowest BCUT2D eigenvalue weighted by molar-refractivity contribution is 0.619. The van der Waals surface area contributed by atoms with Crippen molar-refractivity contribution in [2.75, 3.05) is 0 Å². The van der Waals surface area contributed by atoms with Gasteiger partial charge in [-0.3, -0.25) is 4.98 Å². The van der Waals surface area contributed by atoms with Crippen molar-refractivity contribution >= 4 is 34.3 Å². The second-order valence-corrected chi connectivity index (χ2v) is 4.84. The maximum absolute atomic E-state index is 6.07. The van der Waals surface area contributed by atoms with Crippen molar-refractivity contribution in [3.63, 3.8) is 0 Å². The number of pyridine rings is 1. The lowest BCUT2D eigenvalue weighted by atomic mass is 10.2. The summed E-state index contributed by atoms with van der Waals surface area (Å²) < 4.78 is 5.67. The lowest BCUT2D eigenvalue weighted by Crippen LogP contribution is -1.98. The molecule has 0 amide bonds. The van der Waals surface area contributed by atoms with E-state index in [0.717, 1.165) is 11.3 Å². The van der Waals surface area contributed by atoms with Crippen LogP contribution >= 0.6 is 23.2 Å². The van der Waals surface area contributed by atoms with E-state index in [1.807, 2.05) is 6.07 Å². The molecule has 19 heavy (non-hydrogen) atoms. The molecule has 0 aliphatic heterocycles. The Kier molecular flexibility index (Phi) is 3.14. The van der Waals surface area contributed by atoms with Gasteiger partial charge in [-0.05, 0) is 24.3 Å². The summed E-state index contributed by atoms with van der Waals surface area (Å²) >= 11 is 12.0. The van der Waals surface area contributed by atoms with Gasteiger partial charge in [0, 0.05) is 23.3 Å². The van der Waals surface area contributed by atoms with Crippen LogP contribution in [-0.4, -0.2) is 9.97 Å². The third kappa shape index (κ3) is 2.30. The molecule has 96 valence electrons. The molecule has 3 aromatic rings. The number of oxazole rings is 1. The van der Waals surface area contributed by atoms with Gasteiger partial charge >= 0.3 is 0 Å². The number of nitrogens with zero attached hydrogens (tertiary/aromatic N) is 2. The molecule has 0 unspecified atom stereocenters. The molecule has 2 heterocycles. The maximum atomic E-state index is 6.07. The minimum Gasteiger partial charge on any atom is -0.435 e. The van der Waals surface area contributed by atoms with E-state index in [4.69, 9.17) is 33.4 Å². The van der Waals surface area contributed by atoms with Crippen LogP contribution in [0.15, 0.2) is 34.9 Å². The molecule has 6 heteroatoms. The normalized spacial score (nSPS) is 11.1. The first-order chi connectivity index (χ1) is 9.17. The lowest BCUT2D eigenvalue weighted by Gasteiger charge is -1.98. The van der Waals surface area contributed by atoms with Gasteiger partial charge in [-0.15, -0.1) is 0 Å². The molecule has 1 aromatic carbocycles. The summed E-state index contributed by atoms with van der Waals surface area (Å²) in [6, 6.07) is 6.97. The zero-order valence-corrected chi connectivity index (χ0v) is 11.2. The summed E-state index contributed by atoms with van der Waals surface area (Å²) in [7, 11) is 0. The molecular weight excluding hydrogens is 285 g/mol. The molecule has 0 radical (unpaired) electrons. The van der Waals surface area contributed by atoms with Crippen LogP contribution in [0.3, 0.4) is 0 Å². The highest BCUT2D eigenvalue weighted by Gasteiger charge is 2.12. The fourth-order valence-corrected chi connectivity index (χ4v) is 2.33. The van der Waals surface area contributed by atoms with Crippen molar-refractivity contribution in [1.29, 1.82) is 0 Å². The van der Waals surface area contributed by atoms with Crippen LogP contribution in [0.4, 0.5) is 0 Å². The van der Waals surface area contributed by atoms with Crippen LogP contribution in [0, 0.1) is 0 Å². The molecule has 0 aliphatic rings. The van der Waals surface area contributed by atoms with Crippen LogP contribution in [0.1, 0.15) is 5.69 Å². The number of hydrogen-bond acceptors (Lipinski definition) is 4. The minimum absolute atomic E-state index is 0.362. The standard InChI is InChI=1S/C13H9Cl2N3O/c14-8-4-10(15)12-11(5-8)18-13(19-12)7-1-2-17-9(3-7)6-16/h1-5H,6,16H2. The summed E-state index contributed by atoms with van der Waals surface area (Å²) in [5.41, 5.74) is 8.28. The first-order valence-electron chi connectivity index (χ1n) is 5.58. The monoisotopic (exact) mass is 293 g/mol. The number of nitrogens with two attached hydrogens (primary N) is 1. The second-order valence-electron chi connectivity index (χ2n) is 3.99. The van der Waals surface area contributed by atoms with E-state index in [2.05, 4.69) is 9.97 Å². The van der Waals surface area contributed by atoms with Gasteiger partial charge < -0.3 is 10.2 Å². The van der Waals surface area contributed by atoms with Gasteiger partial charge in [0.2, 0.25) is 5.89 Å². The molecule has 2 aromatic heterocycles. The van der Waals surface area contributed by atoms with Crippen molar-refractivity contribution in [2.45, 2.75) is 6.54 Å². The van der Waals surface area contributed by atoms with Crippen LogP contribution in [0.5, 0.6) is 0 Å². The van der Waals surface area contributed by atoms with Gasteiger partial charge in [0.15, 0.2) is 5.58 Å². The van der Waals surface area contributed by atoms with E-state index in [0.29, 0.717) is 33.6 Å². The van der Waals surface area contributed by atoms with Crippen LogP contribution in [-0.2, 0) is 6.54 Å². The predicted octanol–water partition coefficient (Wildman–Crippen LogP) is 3.66. The van der Waals surface area contributed by atoms with Gasteiger partial charge in [-0.2, -0.15) is 0 Å². The van der Waals surface area contributed by atoms with Gasteiger partial charge in [0.1, 0.15) is 5.52 Å². The largest absolute Gasteiger partial charge is 0.435 e. The fraction of sp³-hybridized carbons (Fsp3) is 0.0769. The highest BCUT2D eigenvalue weighted by molar-refractivity contribution is 6.38. The number of aromatic nitrogens is 2. The Hall–Kier alpha value is -1.62. The van der Waals surface area contributed by atoms with Gasteiger partial charge in [-0.1, -0.05) is 23.2 Å². The van der Waals surface area contributed by atoms with Crippen LogP contribution in [0.25, 0.3) is 22.6 Å². The van der Waals surface area contributed by atoms with Crippen LogP contribution < -0.4 is 5.73 Å². The first kappa shape index (κ1) is 12.4. The Labute approximate surface area is 119 Å². The second kappa shape index (κ2) is 4.81. The van der Waals surface area contributed by atoms with E-state index >= 15 is 0 Å². The van der Waals surface area contributed by atoms with E-state index in [1.54, 1.807) is 24.4 Å². The quantitative estimate of drug-likeness (QED) is 0.783. The van der Waals surface area contributed by atoms with Gasteiger partial charge in [0.05, 0.1) is 10.7 Å². The summed E-state index contributed by atoms with van der Waals surface area (Å²) in [6.07, 6.45) is 1.67. The van der Waals surface area contributed by atoms with Crippen molar-refractivity contribution in [2.24, 2.45) is 5.73 Å². The molecule has 0 bridgehead atoms. The molecule has 4 nitrogen and oxygen atoms in total. The Bertz CT molecular complexity index is 755. The molecule has 0 saturated carbocycles. The Morgan fingerprint density at radius 2 is 2.05 bits per heavy atom. The fourth-order valence-electron chi connectivity index (χ4n) is 1.81. The smallest absolute Gasteiger partial charge is 0.227 e. The average Bonchev–Trinajstić information content (AvgIpc) is 2.83. The zero-order chi connectivity index (χ0) is 13.4.